The van der Waals surface area contributed by atoms with Crippen LogP contribution in [0.5, 0.6) is 0 Å². The monoisotopic (exact) mass is 253 g/mol. The Morgan fingerprint density at radius 3 is 2.31 bits per heavy atom. The summed E-state index contributed by atoms with van der Waals surface area (Å²) in [6.45, 7) is 0. The molecule has 1 aromatic heterocycles. The first-order chi connectivity index (χ1) is 7.23. The lowest BCUT2D eigenvalue weighted by atomic mass is 10.2. The van der Waals surface area contributed by atoms with Crippen LogP contribution < -0.4 is 0 Å². The number of carbonyl (C=O) groups is 2. The van der Waals surface area contributed by atoms with Gasteiger partial charge in [-0.15, -0.1) is 0 Å². The third kappa shape index (κ3) is 2.48. The van der Waals surface area contributed by atoms with Crippen molar-refractivity contribution in [1.29, 1.82) is 0 Å². The van der Waals surface area contributed by atoms with Gasteiger partial charge < -0.3 is 5.11 Å². The van der Waals surface area contributed by atoms with Gasteiger partial charge in [-0.25, -0.2) is 4.79 Å². The summed E-state index contributed by atoms with van der Waals surface area (Å²) in [6.07, 6.45) is -4.30. The maximum Gasteiger partial charge on any atom is 0.417 e. The van der Waals surface area contributed by atoms with E-state index in [4.69, 9.17) is 16.7 Å². The molecule has 1 rings (SSSR count). The Hall–Kier alpha value is -1.63. The van der Waals surface area contributed by atoms with Crippen molar-refractivity contribution < 1.29 is 27.9 Å². The van der Waals surface area contributed by atoms with Gasteiger partial charge in [0.1, 0.15) is 5.69 Å². The summed E-state index contributed by atoms with van der Waals surface area (Å²) in [7, 11) is 0. The molecule has 0 saturated carbocycles. The number of halogens is 4. The number of aromatic nitrogens is 1. The molecule has 0 aliphatic rings. The van der Waals surface area contributed by atoms with Crippen LogP contribution in [-0.2, 0) is 11.0 Å². The minimum atomic E-state index is -4.65. The minimum absolute atomic E-state index is 0.349. The van der Waals surface area contributed by atoms with E-state index >= 15 is 0 Å². The van der Waals surface area contributed by atoms with E-state index in [0.717, 1.165) is 0 Å². The summed E-state index contributed by atoms with van der Waals surface area (Å²) < 4.78 is 36.5. The fraction of sp³-hybridized carbons (Fsp3) is 0.125. The Bertz CT molecular complexity index is 458. The van der Waals surface area contributed by atoms with Crippen LogP contribution in [-0.4, -0.2) is 21.8 Å². The van der Waals surface area contributed by atoms with Crippen molar-refractivity contribution in [2.24, 2.45) is 0 Å². The average molecular weight is 254 g/mol. The molecule has 0 bridgehead atoms. The van der Waals surface area contributed by atoms with Gasteiger partial charge in [0.05, 0.1) is 10.6 Å². The van der Waals surface area contributed by atoms with Gasteiger partial charge in [-0.1, -0.05) is 11.6 Å². The normalized spacial score (nSPS) is 11.2. The zero-order valence-corrected chi connectivity index (χ0v) is 8.13. The summed E-state index contributed by atoms with van der Waals surface area (Å²) in [6, 6.07) is 0.449. The van der Waals surface area contributed by atoms with Crippen LogP contribution in [0.4, 0.5) is 13.2 Å². The van der Waals surface area contributed by atoms with E-state index in [9.17, 15) is 22.8 Å². The fourth-order valence-electron chi connectivity index (χ4n) is 0.861. The molecular formula is C8H3ClF3NO3. The molecule has 0 spiro atoms. The van der Waals surface area contributed by atoms with E-state index < -0.39 is 34.2 Å². The van der Waals surface area contributed by atoms with Gasteiger partial charge in [0.25, 0.3) is 5.78 Å². The number of nitrogens with zero attached hydrogens (tertiary/aromatic N) is 1. The highest BCUT2D eigenvalue weighted by atomic mass is 35.5. The lowest BCUT2D eigenvalue weighted by Gasteiger charge is -2.07. The molecule has 0 aliphatic heterocycles. The summed E-state index contributed by atoms with van der Waals surface area (Å²) in [5, 5.41) is 7.67. The molecule has 16 heavy (non-hydrogen) atoms. The quantitative estimate of drug-likeness (QED) is 0.647. The second-order valence-corrected chi connectivity index (χ2v) is 3.09. The number of hydrogen-bond acceptors (Lipinski definition) is 3. The molecule has 0 atom stereocenters. The Morgan fingerprint density at radius 1 is 1.38 bits per heavy atom. The Kier molecular flexibility index (Phi) is 3.18. The molecule has 1 N–H and O–H groups in total. The fourth-order valence-corrected chi connectivity index (χ4v) is 1.11. The Labute approximate surface area is 91.7 Å². The van der Waals surface area contributed by atoms with Crippen LogP contribution in [0.25, 0.3) is 0 Å². The van der Waals surface area contributed by atoms with Crippen molar-refractivity contribution in [3.8, 4) is 0 Å². The van der Waals surface area contributed by atoms with Crippen molar-refractivity contribution in [3.63, 3.8) is 0 Å². The van der Waals surface area contributed by atoms with E-state index in [0.29, 0.717) is 12.3 Å². The smallest absolute Gasteiger partial charge is 0.417 e. The van der Waals surface area contributed by atoms with Crippen molar-refractivity contribution in [2.45, 2.75) is 6.18 Å². The summed E-state index contributed by atoms with van der Waals surface area (Å²) in [4.78, 5) is 24.2. The highest BCUT2D eigenvalue weighted by molar-refractivity contribution is 6.44. The molecule has 0 radical (unpaired) electrons. The molecule has 0 fully saturated rings. The van der Waals surface area contributed by atoms with Gasteiger partial charge in [0.15, 0.2) is 0 Å². The van der Waals surface area contributed by atoms with E-state index in [1.165, 1.54) is 0 Å². The van der Waals surface area contributed by atoms with Crippen LogP contribution in [0.15, 0.2) is 12.3 Å². The first kappa shape index (κ1) is 12.4. The van der Waals surface area contributed by atoms with Crippen LogP contribution in [0.1, 0.15) is 16.1 Å². The first-order valence-corrected chi connectivity index (χ1v) is 4.11. The SMILES string of the molecule is O=C(O)C(=O)c1ncc(C(F)(F)F)cc1Cl. The zero-order valence-electron chi connectivity index (χ0n) is 7.38. The van der Waals surface area contributed by atoms with Gasteiger partial charge >= 0.3 is 12.1 Å². The molecule has 0 aliphatic carbocycles. The summed E-state index contributed by atoms with van der Waals surface area (Å²) in [5.74, 6) is -3.30. The number of carboxylic acids is 1. The van der Waals surface area contributed by atoms with E-state index in [1.54, 1.807) is 0 Å². The highest BCUT2D eigenvalue weighted by Crippen LogP contribution is 2.31. The van der Waals surface area contributed by atoms with Crippen molar-refractivity contribution in [3.05, 3.63) is 28.5 Å². The average Bonchev–Trinajstić information content (AvgIpc) is 2.15. The predicted molar refractivity (Wildman–Crippen MR) is 46.2 cm³/mol. The topological polar surface area (TPSA) is 67.3 Å². The lowest BCUT2D eigenvalue weighted by Crippen LogP contribution is -2.16. The third-order valence-corrected chi connectivity index (χ3v) is 1.87. The Balaban J connectivity index is 3.20. The van der Waals surface area contributed by atoms with Gasteiger partial charge in [-0.05, 0) is 6.07 Å². The number of carboxylic acid groups (broad SMARTS) is 1. The van der Waals surface area contributed by atoms with Crippen LogP contribution in [0.2, 0.25) is 5.02 Å². The number of Topliss-reactive ketones (excluding diaryl/α,β-unsaturated/α-hetero) is 1. The first-order valence-electron chi connectivity index (χ1n) is 3.74. The molecule has 8 heteroatoms. The van der Waals surface area contributed by atoms with Crippen molar-refractivity contribution in [2.75, 3.05) is 0 Å². The molecule has 0 saturated heterocycles. The van der Waals surface area contributed by atoms with E-state index in [-0.39, 0.29) is 0 Å². The van der Waals surface area contributed by atoms with Gasteiger partial charge in [-0.2, -0.15) is 13.2 Å². The van der Waals surface area contributed by atoms with E-state index in [2.05, 4.69) is 4.98 Å². The summed E-state index contributed by atoms with van der Waals surface area (Å²) >= 11 is 5.33. The Morgan fingerprint density at radius 2 is 1.94 bits per heavy atom. The number of rotatable bonds is 2. The predicted octanol–water partition coefficient (Wildman–Crippen LogP) is 2.02. The zero-order chi connectivity index (χ0) is 12.5. The molecule has 0 amide bonds. The third-order valence-electron chi connectivity index (χ3n) is 1.58. The number of ketones is 1. The van der Waals surface area contributed by atoms with Crippen LogP contribution in [0, 0.1) is 0 Å². The van der Waals surface area contributed by atoms with Crippen molar-refractivity contribution in [1.82, 2.24) is 4.98 Å². The number of carbonyl (C=O) groups excluding carboxylic acids is 1. The van der Waals surface area contributed by atoms with Crippen LogP contribution >= 0.6 is 11.6 Å². The molecule has 4 nitrogen and oxygen atoms in total. The maximum atomic E-state index is 12.2. The minimum Gasteiger partial charge on any atom is -0.475 e. The molecule has 1 heterocycles. The number of pyridine rings is 1. The van der Waals surface area contributed by atoms with Gasteiger partial charge in [-0.3, -0.25) is 9.78 Å². The van der Waals surface area contributed by atoms with Crippen LogP contribution in [0.3, 0.4) is 0 Å². The molecular weight excluding hydrogens is 251 g/mol. The second kappa shape index (κ2) is 4.09. The van der Waals surface area contributed by atoms with Gasteiger partial charge in [0.2, 0.25) is 0 Å². The molecule has 0 unspecified atom stereocenters. The molecule has 0 aromatic carbocycles. The molecule has 86 valence electrons. The number of aliphatic carboxylic acids is 1. The van der Waals surface area contributed by atoms with Gasteiger partial charge in [0, 0.05) is 6.20 Å². The number of alkyl halides is 3. The van der Waals surface area contributed by atoms with Crippen molar-refractivity contribution >= 4 is 23.4 Å². The maximum absolute atomic E-state index is 12.2. The second-order valence-electron chi connectivity index (χ2n) is 2.69. The largest absolute Gasteiger partial charge is 0.475 e. The summed E-state index contributed by atoms with van der Waals surface area (Å²) in [5.41, 5.74) is -1.87. The molecule has 1 aromatic rings. The lowest BCUT2D eigenvalue weighted by molar-refractivity contribution is -0.137. The van der Waals surface area contributed by atoms with E-state index in [1.807, 2.05) is 0 Å². The number of hydrogen-bond donors (Lipinski definition) is 1. The highest BCUT2D eigenvalue weighted by Gasteiger charge is 2.32. The standard InChI is InChI=1S/C8H3ClF3NO3/c9-4-1-3(8(10,11)12)2-13-5(4)6(14)7(15)16/h1-2H,(H,15,16).